The Morgan fingerprint density at radius 2 is 1.59 bits per heavy atom. The number of hydrogen-bond donors (Lipinski definition) is 0. The van der Waals surface area contributed by atoms with Gasteiger partial charge in [-0.15, -0.1) is 0 Å². The predicted molar refractivity (Wildman–Crippen MR) is 75.7 cm³/mol. The summed E-state index contributed by atoms with van der Waals surface area (Å²) in [5, 5.41) is 0. The van der Waals surface area contributed by atoms with E-state index in [1.807, 2.05) is 0 Å². The molecule has 0 aromatic rings. The lowest BCUT2D eigenvalue weighted by Gasteiger charge is -2.30. The van der Waals surface area contributed by atoms with Gasteiger partial charge in [0.05, 0.1) is 0 Å². The van der Waals surface area contributed by atoms with E-state index in [2.05, 4.69) is 43.1 Å². The van der Waals surface area contributed by atoms with E-state index in [1.54, 1.807) is 0 Å². The molecule has 1 unspecified atom stereocenters. The zero-order valence-electron chi connectivity index (χ0n) is 12.0. The van der Waals surface area contributed by atoms with Crippen LogP contribution in [0.2, 0.25) is 0 Å². The third-order valence-electron chi connectivity index (χ3n) is 3.68. The summed E-state index contributed by atoms with van der Waals surface area (Å²) < 4.78 is 0. The number of hydrogen-bond acceptors (Lipinski definition) is 2. The summed E-state index contributed by atoms with van der Waals surface area (Å²) in [6.45, 7) is 5.79. The maximum Gasteiger partial charge on any atom is 0.100 e. The van der Waals surface area contributed by atoms with Crippen LogP contribution in [0, 0.1) is 0 Å². The highest BCUT2D eigenvalue weighted by atomic mass is 15.4. The van der Waals surface area contributed by atoms with Crippen molar-refractivity contribution in [3.05, 3.63) is 12.4 Å². The van der Waals surface area contributed by atoms with Crippen molar-refractivity contribution in [3.63, 3.8) is 0 Å². The highest BCUT2D eigenvalue weighted by Crippen LogP contribution is 2.20. The molecule has 0 aliphatic carbocycles. The molecule has 2 heteroatoms. The molecule has 0 radical (unpaired) electrons. The van der Waals surface area contributed by atoms with Gasteiger partial charge in [0.2, 0.25) is 0 Å². The van der Waals surface area contributed by atoms with Crippen LogP contribution in [-0.4, -0.2) is 29.6 Å². The van der Waals surface area contributed by atoms with Crippen LogP contribution in [0.15, 0.2) is 12.4 Å². The van der Waals surface area contributed by atoms with Gasteiger partial charge in [0.1, 0.15) is 6.17 Å². The molecule has 17 heavy (non-hydrogen) atoms. The summed E-state index contributed by atoms with van der Waals surface area (Å²) in [6.07, 6.45) is 15.9. The van der Waals surface area contributed by atoms with E-state index in [0.29, 0.717) is 6.17 Å². The molecule has 1 heterocycles. The standard InChI is InChI=1S/C15H30N2/c1-4-6-8-10-12-17-14-13-16(3)15(17)11-9-7-5-2/h13-15H,4-12H2,1-3H3. The normalized spacial score (nSPS) is 19.4. The van der Waals surface area contributed by atoms with Gasteiger partial charge in [-0.2, -0.15) is 0 Å². The van der Waals surface area contributed by atoms with Crippen LogP contribution in [0.4, 0.5) is 0 Å². The Balaban J connectivity index is 2.23. The lowest BCUT2D eigenvalue weighted by molar-refractivity contribution is 0.159. The Hall–Kier alpha value is -0.660. The molecule has 0 aromatic heterocycles. The van der Waals surface area contributed by atoms with E-state index >= 15 is 0 Å². The van der Waals surface area contributed by atoms with Crippen LogP contribution >= 0.6 is 0 Å². The fraction of sp³-hybridized carbons (Fsp3) is 0.867. The van der Waals surface area contributed by atoms with E-state index in [4.69, 9.17) is 0 Å². The SMILES string of the molecule is CCCCCCN1C=CN(C)C1CCCCC. The van der Waals surface area contributed by atoms with Gasteiger partial charge in [-0.05, 0) is 19.3 Å². The monoisotopic (exact) mass is 238 g/mol. The first-order valence-electron chi connectivity index (χ1n) is 7.45. The predicted octanol–water partition coefficient (Wildman–Crippen LogP) is 4.19. The molecular formula is C15H30N2. The lowest BCUT2D eigenvalue weighted by Crippen LogP contribution is -2.36. The summed E-state index contributed by atoms with van der Waals surface area (Å²) >= 11 is 0. The average Bonchev–Trinajstić information content (AvgIpc) is 2.67. The van der Waals surface area contributed by atoms with Gasteiger partial charge < -0.3 is 9.80 Å². The molecule has 1 rings (SSSR count). The fourth-order valence-corrected chi connectivity index (χ4v) is 2.51. The van der Waals surface area contributed by atoms with Crippen molar-refractivity contribution >= 4 is 0 Å². The quantitative estimate of drug-likeness (QED) is 0.556. The van der Waals surface area contributed by atoms with Crippen LogP contribution in [0.5, 0.6) is 0 Å². The third kappa shape index (κ3) is 5.01. The van der Waals surface area contributed by atoms with Crippen molar-refractivity contribution in [1.82, 2.24) is 9.80 Å². The fourth-order valence-electron chi connectivity index (χ4n) is 2.51. The Bertz CT molecular complexity index is 213. The second kappa shape index (κ2) is 8.43. The molecule has 0 amide bonds. The van der Waals surface area contributed by atoms with Crippen molar-refractivity contribution in [2.24, 2.45) is 0 Å². The maximum absolute atomic E-state index is 2.53. The van der Waals surface area contributed by atoms with Crippen molar-refractivity contribution in [3.8, 4) is 0 Å². The molecule has 2 nitrogen and oxygen atoms in total. The van der Waals surface area contributed by atoms with Crippen molar-refractivity contribution < 1.29 is 0 Å². The Morgan fingerprint density at radius 1 is 0.882 bits per heavy atom. The topological polar surface area (TPSA) is 6.48 Å². The number of nitrogens with zero attached hydrogens (tertiary/aromatic N) is 2. The molecule has 0 N–H and O–H groups in total. The Labute approximate surface area is 108 Å². The van der Waals surface area contributed by atoms with Crippen molar-refractivity contribution in [2.45, 2.75) is 71.4 Å². The largest absolute Gasteiger partial charge is 0.359 e. The van der Waals surface area contributed by atoms with E-state index in [1.165, 1.54) is 57.9 Å². The van der Waals surface area contributed by atoms with Gasteiger partial charge in [0, 0.05) is 26.0 Å². The van der Waals surface area contributed by atoms with Crippen LogP contribution < -0.4 is 0 Å². The minimum absolute atomic E-state index is 0.628. The maximum atomic E-state index is 2.53. The zero-order chi connectivity index (χ0) is 12.5. The molecule has 1 atom stereocenters. The minimum Gasteiger partial charge on any atom is -0.359 e. The van der Waals surface area contributed by atoms with Crippen LogP contribution in [0.25, 0.3) is 0 Å². The molecule has 1 aliphatic rings. The van der Waals surface area contributed by atoms with E-state index in [9.17, 15) is 0 Å². The summed E-state index contributed by atoms with van der Waals surface area (Å²) in [5.41, 5.74) is 0. The third-order valence-corrected chi connectivity index (χ3v) is 3.68. The average molecular weight is 238 g/mol. The first kappa shape index (κ1) is 14.4. The molecule has 0 saturated carbocycles. The van der Waals surface area contributed by atoms with Crippen LogP contribution in [-0.2, 0) is 0 Å². The summed E-state index contributed by atoms with van der Waals surface area (Å²) in [7, 11) is 2.21. The highest BCUT2D eigenvalue weighted by Gasteiger charge is 2.21. The van der Waals surface area contributed by atoms with Gasteiger partial charge in [0.25, 0.3) is 0 Å². The summed E-state index contributed by atoms with van der Waals surface area (Å²) in [6, 6.07) is 0. The molecule has 1 aliphatic heterocycles. The first-order valence-corrected chi connectivity index (χ1v) is 7.45. The molecule has 0 spiro atoms. The smallest absolute Gasteiger partial charge is 0.100 e. The number of rotatable bonds is 9. The molecule has 100 valence electrons. The Kier molecular flexibility index (Phi) is 7.14. The van der Waals surface area contributed by atoms with Gasteiger partial charge in [-0.1, -0.05) is 46.0 Å². The second-order valence-electron chi connectivity index (χ2n) is 5.24. The second-order valence-corrected chi connectivity index (χ2v) is 5.24. The molecule has 0 bridgehead atoms. The summed E-state index contributed by atoms with van der Waals surface area (Å²) in [5.74, 6) is 0. The summed E-state index contributed by atoms with van der Waals surface area (Å²) in [4.78, 5) is 4.90. The molecule has 0 aromatic carbocycles. The zero-order valence-corrected chi connectivity index (χ0v) is 12.0. The Morgan fingerprint density at radius 3 is 2.29 bits per heavy atom. The van der Waals surface area contributed by atoms with E-state index in [-0.39, 0.29) is 0 Å². The first-order chi connectivity index (χ1) is 8.29. The van der Waals surface area contributed by atoms with E-state index in [0.717, 1.165) is 0 Å². The molecular weight excluding hydrogens is 208 g/mol. The minimum atomic E-state index is 0.628. The van der Waals surface area contributed by atoms with Gasteiger partial charge in [0.15, 0.2) is 0 Å². The van der Waals surface area contributed by atoms with Crippen LogP contribution in [0.1, 0.15) is 65.2 Å². The molecule has 0 fully saturated rings. The highest BCUT2D eigenvalue weighted by molar-refractivity contribution is 4.95. The number of unbranched alkanes of at least 4 members (excludes halogenated alkanes) is 5. The van der Waals surface area contributed by atoms with E-state index < -0.39 is 0 Å². The van der Waals surface area contributed by atoms with Gasteiger partial charge >= 0.3 is 0 Å². The lowest BCUT2D eigenvalue weighted by atomic mass is 10.1. The van der Waals surface area contributed by atoms with Crippen LogP contribution in [0.3, 0.4) is 0 Å². The van der Waals surface area contributed by atoms with Gasteiger partial charge in [-0.25, -0.2) is 0 Å². The van der Waals surface area contributed by atoms with Crippen molar-refractivity contribution in [2.75, 3.05) is 13.6 Å². The van der Waals surface area contributed by atoms with Gasteiger partial charge in [-0.3, -0.25) is 0 Å². The molecule has 0 saturated heterocycles. The van der Waals surface area contributed by atoms with Crippen molar-refractivity contribution in [1.29, 1.82) is 0 Å².